The highest BCUT2D eigenvalue weighted by atomic mass is 16.6. The number of aliphatic hydroxyl groups is 1. The van der Waals surface area contributed by atoms with Gasteiger partial charge in [-0.1, -0.05) is 36.4 Å². The minimum Gasteiger partial charge on any atom is -0.452 e. The highest BCUT2D eigenvalue weighted by Crippen LogP contribution is 2.26. The standard InChI is InChI=1S/C15H12O3/c16-14-8-7-13(18-14)15(17)12-6-5-10-3-1-2-4-11(10)9-12/h1-9,13,15,17H/t13-,15-/m0/s1. The van der Waals surface area contributed by atoms with Gasteiger partial charge in [0.1, 0.15) is 6.10 Å². The lowest BCUT2D eigenvalue weighted by atomic mass is 10.0. The molecular weight excluding hydrogens is 228 g/mol. The Morgan fingerprint density at radius 2 is 1.89 bits per heavy atom. The van der Waals surface area contributed by atoms with Crippen LogP contribution in [-0.2, 0) is 9.53 Å². The summed E-state index contributed by atoms with van der Waals surface area (Å²) in [6.07, 6.45) is 1.52. The fourth-order valence-corrected chi connectivity index (χ4v) is 2.14. The number of hydrogen-bond donors (Lipinski definition) is 1. The van der Waals surface area contributed by atoms with E-state index in [0.717, 1.165) is 16.3 Å². The maximum Gasteiger partial charge on any atom is 0.331 e. The number of benzene rings is 2. The van der Waals surface area contributed by atoms with E-state index in [1.165, 1.54) is 6.08 Å². The third-order valence-electron chi connectivity index (χ3n) is 3.10. The molecule has 0 unspecified atom stereocenters. The fraction of sp³-hybridized carbons (Fsp3) is 0.133. The minimum atomic E-state index is -0.822. The Morgan fingerprint density at radius 1 is 1.11 bits per heavy atom. The molecule has 0 aromatic heterocycles. The molecule has 2 aromatic rings. The van der Waals surface area contributed by atoms with Crippen molar-refractivity contribution in [3.8, 4) is 0 Å². The molecule has 18 heavy (non-hydrogen) atoms. The van der Waals surface area contributed by atoms with Crippen LogP contribution in [0.25, 0.3) is 10.8 Å². The van der Waals surface area contributed by atoms with Gasteiger partial charge in [-0.05, 0) is 28.5 Å². The Bertz CT molecular complexity index is 630. The van der Waals surface area contributed by atoms with Crippen LogP contribution in [0.15, 0.2) is 54.6 Å². The maximum absolute atomic E-state index is 11.0. The predicted octanol–water partition coefficient (Wildman–Crippen LogP) is 2.35. The summed E-state index contributed by atoms with van der Waals surface area (Å²) in [5.74, 6) is -0.403. The molecule has 1 aliphatic heterocycles. The topological polar surface area (TPSA) is 46.5 Å². The molecular formula is C15H12O3. The van der Waals surface area contributed by atoms with Crippen molar-refractivity contribution in [3.63, 3.8) is 0 Å². The summed E-state index contributed by atoms with van der Waals surface area (Å²) in [6.45, 7) is 0. The molecule has 0 aliphatic carbocycles. The Kier molecular flexibility index (Phi) is 2.61. The molecule has 2 atom stereocenters. The number of aliphatic hydroxyl groups excluding tert-OH is 1. The summed E-state index contributed by atoms with van der Waals surface area (Å²) in [5, 5.41) is 12.3. The SMILES string of the molecule is O=C1C=C[C@@H]([C@@H](O)c2ccc3ccccc3c2)O1. The summed E-state index contributed by atoms with van der Waals surface area (Å²) < 4.78 is 4.99. The van der Waals surface area contributed by atoms with Crippen molar-refractivity contribution in [2.24, 2.45) is 0 Å². The second-order valence-corrected chi connectivity index (χ2v) is 4.31. The van der Waals surface area contributed by atoms with Gasteiger partial charge in [-0.3, -0.25) is 0 Å². The molecule has 2 aromatic carbocycles. The number of fused-ring (bicyclic) bond motifs is 1. The number of carbonyl (C=O) groups excluding carboxylic acids is 1. The summed E-state index contributed by atoms with van der Waals surface area (Å²) in [7, 11) is 0. The van der Waals surface area contributed by atoms with Crippen molar-refractivity contribution < 1.29 is 14.6 Å². The van der Waals surface area contributed by atoms with Gasteiger partial charge in [-0.15, -0.1) is 0 Å². The van der Waals surface area contributed by atoms with Gasteiger partial charge in [-0.25, -0.2) is 4.79 Å². The van der Waals surface area contributed by atoms with Crippen LogP contribution in [0.1, 0.15) is 11.7 Å². The van der Waals surface area contributed by atoms with Crippen LogP contribution in [-0.4, -0.2) is 17.2 Å². The first-order chi connectivity index (χ1) is 8.74. The molecule has 90 valence electrons. The second kappa shape index (κ2) is 4.27. The monoisotopic (exact) mass is 240 g/mol. The fourth-order valence-electron chi connectivity index (χ4n) is 2.14. The van der Waals surface area contributed by atoms with Gasteiger partial charge >= 0.3 is 5.97 Å². The third kappa shape index (κ3) is 1.89. The highest BCUT2D eigenvalue weighted by molar-refractivity contribution is 5.85. The Hall–Kier alpha value is -2.13. The van der Waals surface area contributed by atoms with Crippen LogP contribution < -0.4 is 0 Å². The van der Waals surface area contributed by atoms with Gasteiger partial charge in [0.25, 0.3) is 0 Å². The summed E-state index contributed by atoms with van der Waals surface area (Å²) in [5.41, 5.74) is 0.748. The van der Waals surface area contributed by atoms with Gasteiger partial charge in [-0.2, -0.15) is 0 Å². The minimum absolute atomic E-state index is 0.403. The number of rotatable bonds is 2. The molecule has 0 spiro atoms. The van der Waals surface area contributed by atoms with Crippen molar-refractivity contribution in [1.82, 2.24) is 0 Å². The van der Waals surface area contributed by atoms with Crippen LogP contribution >= 0.6 is 0 Å². The summed E-state index contributed by atoms with van der Waals surface area (Å²) in [6, 6.07) is 13.7. The number of esters is 1. The average Bonchev–Trinajstić information content (AvgIpc) is 2.84. The van der Waals surface area contributed by atoms with E-state index in [2.05, 4.69) is 0 Å². The molecule has 3 heteroatoms. The van der Waals surface area contributed by atoms with Crippen molar-refractivity contribution in [3.05, 3.63) is 60.2 Å². The van der Waals surface area contributed by atoms with E-state index in [1.807, 2.05) is 42.5 Å². The van der Waals surface area contributed by atoms with Crippen LogP contribution in [0.3, 0.4) is 0 Å². The van der Waals surface area contributed by atoms with Gasteiger partial charge in [0.2, 0.25) is 0 Å². The van der Waals surface area contributed by atoms with Gasteiger partial charge in [0.05, 0.1) is 0 Å². The lowest BCUT2D eigenvalue weighted by molar-refractivity contribution is -0.142. The summed E-state index contributed by atoms with van der Waals surface area (Å²) >= 11 is 0. The lowest BCUT2D eigenvalue weighted by Crippen LogP contribution is -2.18. The zero-order valence-electron chi connectivity index (χ0n) is 9.61. The molecule has 0 fully saturated rings. The zero-order chi connectivity index (χ0) is 12.5. The molecule has 0 saturated heterocycles. The van der Waals surface area contributed by atoms with Crippen molar-refractivity contribution >= 4 is 16.7 Å². The first kappa shape index (κ1) is 11.0. The van der Waals surface area contributed by atoms with E-state index < -0.39 is 18.2 Å². The molecule has 3 rings (SSSR count). The van der Waals surface area contributed by atoms with E-state index in [4.69, 9.17) is 4.74 Å². The molecule has 3 nitrogen and oxygen atoms in total. The van der Waals surface area contributed by atoms with E-state index in [9.17, 15) is 9.90 Å². The third-order valence-corrected chi connectivity index (χ3v) is 3.10. The summed E-state index contributed by atoms with van der Waals surface area (Å²) in [4.78, 5) is 11.0. The van der Waals surface area contributed by atoms with Crippen molar-refractivity contribution in [1.29, 1.82) is 0 Å². The first-order valence-electron chi connectivity index (χ1n) is 5.79. The van der Waals surface area contributed by atoms with E-state index >= 15 is 0 Å². The molecule has 0 saturated carbocycles. The van der Waals surface area contributed by atoms with Crippen LogP contribution in [0, 0.1) is 0 Å². The Labute approximate surface area is 104 Å². The predicted molar refractivity (Wildman–Crippen MR) is 67.9 cm³/mol. The normalized spacial score (nSPS) is 20.1. The average molecular weight is 240 g/mol. The van der Waals surface area contributed by atoms with Crippen molar-refractivity contribution in [2.75, 3.05) is 0 Å². The number of carbonyl (C=O) groups is 1. The van der Waals surface area contributed by atoms with E-state index in [0.29, 0.717) is 0 Å². The molecule has 1 aliphatic rings. The van der Waals surface area contributed by atoms with Gasteiger partial charge in [0, 0.05) is 6.08 Å². The van der Waals surface area contributed by atoms with E-state index in [-0.39, 0.29) is 0 Å². The molecule has 0 radical (unpaired) electrons. The number of hydrogen-bond acceptors (Lipinski definition) is 3. The van der Waals surface area contributed by atoms with Crippen LogP contribution in [0.5, 0.6) is 0 Å². The molecule has 1 N–H and O–H groups in total. The molecule has 0 amide bonds. The lowest BCUT2D eigenvalue weighted by Gasteiger charge is -2.17. The van der Waals surface area contributed by atoms with Crippen molar-refractivity contribution in [2.45, 2.75) is 12.2 Å². The van der Waals surface area contributed by atoms with E-state index in [1.54, 1.807) is 6.08 Å². The van der Waals surface area contributed by atoms with Crippen LogP contribution in [0.2, 0.25) is 0 Å². The quantitative estimate of drug-likeness (QED) is 0.820. The second-order valence-electron chi connectivity index (χ2n) is 4.31. The number of cyclic esters (lactones) is 1. The Morgan fingerprint density at radius 3 is 2.61 bits per heavy atom. The molecule has 0 bridgehead atoms. The van der Waals surface area contributed by atoms with Crippen LogP contribution in [0.4, 0.5) is 0 Å². The first-order valence-corrected chi connectivity index (χ1v) is 5.79. The zero-order valence-corrected chi connectivity index (χ0v) is 9.61. The number of ether oxygens (including phenoxy) is 1. The smallest absolute Gasteiger partial charge is 0.331 e. The Balaban J connectivity index is 1.94. The largest absolute Gasteiger partial charge is 0.452 e. The van der Waals surface area contributed by atoms with Gasteiger partial charge < -0.3 is 9.84 Å². The molecule has 1 heterocycles. The van der Waals surface area contributed by atoms with Gasteiger partial charge in [0.15, 0.2) is 6.10 Å². The highest BCUT2D eigenvalue weighted by Gasteiger charge is 2.26. The maximum atomic E-state index is 11.0.